The van der Waals surface area contributed by atoms with E-state index in [1.54, 1.807) is 42.5 Å². The lowest BCUT2D eigenvalue weighted by molar-refractivity contribution is -0.115. The molecule has 1 heterocycles. The van der Waals surface area contributed by atoms with Crippen molar-refractivity contribution in [2.45, 2.75) is 37.8 Å². The number of nitrogens with one attached hydrogen (secondary N) is 2. The van der Waals surface area contributed by atoms with E-state index in [1.807, 2.05) is 6.07 Å². The molecule has 29 heavy (non-hydrogen) atoms. The van der Waals surface area contributed by atoms with Gasteiger partial charge in [0, 0.05) is 23.2 Å². The van der Waals surface area contributed by atoms with Crippen LogP contribution in [0.3, 0.4) is 0 Å². The zero-order valence-corrected chi connectivity index (χ0v) is 16.1. The molecular formula is C22H24N4O3. The molecule has 1 fully saturated rings. The SMILES string of the molecule is NC1CCC(NC(=O)c2ccc3c(c2)NC(=O)CN3C(=O)c2ccccc2)CC1. The van der Waals surface area contributed by atoms with Gasteiger partial charge < -0.3 is 16.4 Å². The molecule has 150 valence electrons. The van der Waals surface area contributed by atoms with Gasteiger partial charge in [0.1, 0.15) is 6.54 Å². The van der Waals surface area contributed by atoms with Gasteiger partial charge in [-0.05, 0) is 56.0 Å². The molecule has 1 aliphatic carbocycles. The van der Waals surface area contributed by atoms with E-state index in [0.717, 1.165) is 25.7 Å². The van der Waals surface area contributed by atoms with Crippen LogP contribution in [0.25, 0.3) is 0 Å². The van der Waals surface area contributed by atoms with Gasteiger partial charge in [0.05, 0.1) is 11.4 Å². The zero-order chi connectivity index (χ0) is 20.4. The predicted octanol–water partition coefficient (Wildman–Crippen LogP) is 2.29. The Hall–Kier alpha value is -3.19. The van der Waals surface area contributed by atoms with Gasteiger partial charge in [0.2, 0.25) is 5.91 Å². The third-order valence-electron chi connectivity index (χ3n) is 5.50. The summed E-state index contributed by atoms with van der Waals surface area (Å²) in [5.74, 6) is -0.730. The molecule has 3 amide bonds. The maximum Gasteiger partial charge on any atom is 0.258 e. The summed E-state index contributed by atoms with van der Waals surface area (Å²) in [7, 11) is 0. The Kier molecular flexibility index (Phi) is 5.31. The summed E-state index contributed by atoms with van der Waals surface area (Å²) in [6.45, 7) is -0.0609. The quantitative estimate of drug-likeness (QED) is 0.745. The second-order valence-electron chi connectivity index (χ2n) is 7.62. The largest absolute Gasteiger partial charge is 0.349 e. The Morgan fingerprint density at radius 2 is 1.72 bits per heavy atom. The molecule has 4 N–H and O–H groups in total. The highest BCUT2D eigenvalue weighted by Gasteiger charge is 2.29. The Labute approximate surface area is 169 Å². The highest BCUT2D eigenvalue weighted by Crippen LogP contribution is 2.31. The van der Waals surface area contributed by atoms with Crippen LogP contribution in [0.15, 0.2) is 48.5 Å². The predicted molar refractivity (Wildman–Crippen MR) is 111 cm³/mol. The van der Waals surface area contributed by atoms with Crippen molar-refractivity contribution in [1.82, 2.24) is 5.32 Å². The van der Waals surface area contributed by atoms with E-state index < -0.39 is 0 Å². The number of amides is 3. The van der Waals surface area contributed by atoms with Gasteiger partial charge in [-0.3, -0.25) is 19.3 Å². The van der Waals surface area contributed by atoms with E-state index in [4.69, 9.17) is 5.73 Å². The van der Waals surface area contributed by atoms with E-state index in [1.165, 1.54) is 4.90 Å². The molecular weight excluding hydrogens is 368 g/mol. The van der Waals surface area contributed by atoms with Gasteiger partial charge in [-0.2, -0.15) is 0 Å². The van der Waals surface area contributed by atoms with Crippen LogP contribution >= 0.6 is 0 Å². The number of carbonyl (C=O) groups excluding carboxylic acids is 3. The third-order valence-corrected chi connectivity index (χ3v) is 5.50. The van der Waals surface area contributed by atoms with Crippen LogP contribution < -0.4 is 21.3 Å². The average molecular weight is 392 g/mol. The molecule has 0 spiro atoms. The normalized spacial score (nSPS) is 21.1. The van der Waals surface area contributed by atoms with Gasteiger partial charge in [0.15, 0.2) is 0 Å². The van der Waals surface area contributed by atoms with Crippen LogP contribution in [0.5, 0.6) is 0 Å². The second-order valence-corrected chi connectivity index (χ2v) is 7.62. The van der Waals surface area contributed by atoms with Gasteiger partial charge >= 0.3 is 0 Å². The molecule has 1 aliphatic heterocycles. The van der Waals surface area contributed by atoms with Crippen LogP contribution in [0.4, 0.5) is 11.4 Å². The van der Waals surface area contributed by atoms with Gasteiger partial charge in [-0.1, -0.05) is 18.2 Å². The average Bonchev–Trinajstić information content (AvgIpc) is 2.74. The van der Waals surface area contributed by atoms with E-state index >= 15 is 0 Å². The van der Waals surface area contributed by atoms with Crippen molar-refractivity contribution < 1.29 is 14.4 Å². The zero-order valence-electron chi connectivity index (χ0n) is 16.1. The molecule has 7 nitrogen and oxygen atoms in total. The van der Waals surface area contributed by atoms with Crippen LogP contribution in [-0.4, -0.2) is 36.3 Å². The number of hydrogen-bond acceptors (Lipinski definition) is 4. The Morgan fingerprint density at radius 3 is 2.45 bits per heavy atom. The molecule has 0 bridgehead atoms. The molecule has 0 radical (unpaired) electrons. The molecule has 7 heteroatoms. The minimum Gasteiger partial charge on any atom is -0.349 e. The minimum atomic E-state index is -0.291. The topological polar surface area (TPSA) is 105 Å². The first-order valence-electron chi connectivity index (χ1n) is 9.88. The lowest BCUT2D eigenvalue weighted by Gasteiger charge is -2.30. The monoisotopic (exact) mass is 392 g/mol. The number of fused-ring (bicyclic) bond motifs is 1. The van der Waals surface area contributed by atoms with Gasteiger partial charge in [-0.25, -0.2) is 0 Å². The molecule has 1 saturated carbocycles. The second kappa shape index (κ2) is 8.05. The van der Waals surface area contributed by atoms with Gasteiger partial charge in [0.25, 0.3) is 11.8 Å². The van der Waals surface area contributed by atoms with E-state index in [9.17, 15) is 14.4 Å². The number of nitrogens with zero attached hydrogens (tertiary/aromatic N) is 1. The molecule has 2 aromatic carbocycles. The summed E-state index contributed by atoms with van der Waals surface area (Å²) < 4.78 is 0. The first-order chi connectivity index (χ1) is 14.0. The number of nitrogens with two attached hydrogens (primary N) is 1. The highest BCUT2D eigenvalue weighted by atomic mass is 16.2. The number of benzene rings is 2. The van der Waals surface area contributed by atoms with Crippen molar-refractivity contribution in [3.05, 3.63) is 59.7 Å². The first-order valence-corrected chi connectivity index (χ1v) is 9.88. The number of carbonyl (C=O) groups is 3. The van der Waals surface area contributed by atoms with Crippen molar-refractivity contribution >= 4 is 29.1 Å². The molecule has 0 atom stereocenters. The number of hydrogen-bond donors (Lipinski definition) is 3. The minimum absolute atomic E-state index is 0.0609. The van der Waals surface area contributed by atoms with Gasteiger partial charge in [-0.15, -0.1) is 0 Å². The van der Waals surface area contributed by atoms with Crippen LogP contribution in [0.2, 0.25) is 0 Å². The highest BCUT2D eigenvalue weighted by molar-refractivity contribution is 6.15. The molecule has 2 aliphatic rings. The summed E-state index contributed by atoms with van der Waals surface area (Å²) in [5.41, 5.74) is 7.92. The molecule has 0 aromatic heterocycles. The fourth-order valence-electron chi connectivity index (χ4n) is 3.88. The molecule has 2 aromatic rings. The Morgan fingerprint density at radius 1 is 1.00 bits per heavy atom. The first kappa shape index (κ1) is 19.1. The summed E-state index contributed by atoms with van der Waals surface area (Å²) in [5, 5.41) is 5.82. The van der Waals surface area contributed by atoms with E-state index in [2.05, 4.69) is 10.6 Å². The van der Waals surface area contributed by atoms with Crippen molar-refractivity contribution in [3.8, 4) is 0 Å². The lowest BCUT2D eigenvalue weighted by Crippen LogP contribution is -2.42. The van der Waals surface area contributed by atoms with Crippen molar-refractivity contribution in [2.75, 3.05) is 16.8 Å². The summed E-state index contributed by atoms with van der Waals surface area (Å²) >= 11 is 0. The van der Waals surface area contributed by atoms with Crippen LogP contribution in [0.1, 0.15) is 46.4 Å². The van der Waals surface area contributed by atoms with Crippen molar-refractivity contribution in [3.63, 3.8) is 0 Å². The van der Waals surface area contributed by atoms with Crippen molar-refractivity contribution in [1.29, 1.82) is 0 Å². The summed E-state index contributed by atoms with van der Waals surface area (Å²) in [4.78, 5) is 39.2. The van der Waals surface area contributed by atoms with E-state index in [-0.39, 0.29) is 36.3 Å². The maximum absolute atomic E-state index is 12.9. The Balaban J connectivity index is 1.54. The third kappa shape index (κ3) is 4.14. The lowest BCUT2D eigenvalue weighted by atomic mass is 9.91. The fourth-order valence-corrected chi connectivity index (χ4v) is 3.88. The van der Waals surface area contributed by atoms with Crippen LogP contribution in [-0.2, 0) is 4.79 Å². The Bertz CT molecular complexity index is 936. The molecule has 0 saturated heterocycles. The number of rotatable bonds is 3. The summed E-state index contributed by atoms with van der Waals surface area (Å²) in [6, 6.07) is 14.2. The van der Waals surface area contributed by atoms with Crippen molar-refractivity contribution in [2.24, 2.45) is 5.73 Å². The smallest absolute Gasteiger partial charge is 0.258 e. The van der Waals surface area contributed by atoms with Crippen LogP contribution in [0, 0.1) is 0 Å². The standard InChI is InChI=1S/C22H24N4O3/c23-16-7-9-17(10-8-16)24-21(28)15-6-11-19-18(12-15)25-20(27)13-26(19)22(29)14-4-2-1-3-5-14/h1-6,11-12,16-17H,7-10,13,23H2,(H,24,28)(H,25,27). The van der Waals surface area contributed by atoms with E-state index in [0.29, 0.717) is 22.5 Å². The molecule has 0 unspecified atom stereocenters. The fraction of sp³-hybridized carbons (Fsp3) is 0.318. The summed E-state index contributed by atoms with van der Waals surface area (Å²) in [6.07, 6.45) is 3.55. The maximum atomic E-state index is 12.9. The number of anilines is 2. The molecule has 4 rings (SSSR count).